The van der Waals surface area contributed by atoms with E-state index in [-0.39, 0.29) is 11.3 Å². The Bertz CT molecular complexity index is 1210. The molecule has 2 aromatic carbocycles. The normalized spacial score (nSPS) is 10.9. The Kier molecular flexibility index (Phi) is 4.29. The summed E-state index contributed by atoms with van der Waals surface area (Å²) in [5, 5.41) is 3.33. The summed E-state index contributed by atoms with van der Waals surface area (Å²) < 4.78 is 23.6. The summed E-state index contributed by atoms with van der Waals surface area (Å²) in [5.41, 5.74) is 0.935. The molecule has 0 N–H and O–H groups in total. The Morgan fingerprint density at radius 1 is 1.15 bits per heavy atom. The van der Waals surface area contributed by atoms with E-state index in [0.717, 1.165) is 5.01 Å². The number of thiazole rings is 1. The second kappa shape index (κ2) is 6.77. The molecule has 0 aliphatic rings. The van der Waals surface area contributed by atoms with Gasteiger partial charge in [0.15, 0.2) is 0 Å². The molecule has 4 rings (SSSR count). The number of fused-ring (bicyclic) bond motifs is 1. The second-order valence-corrected chi connectivity index (χ2v) is 6.86. The van der Waals surface area contributed by atoms with Gasteiger partial charge in [0.1, 0.15) is 17.1 Å². The van der Waals surface area contributed by atoms with Gasteiger partial charge in [-0.25, -0.2) is 19.0 Å². The summed E-state index contributed by atoms with van der Waals surface area (Å²) in [7, 11) is 0. The predicted octanol–water partition coefficient (Wildman–Crippen LogP) is 4.58. The lowest BCUT2D eigenvalue weighted by molar-refractivity contribution is 0.0735. The highest BCUT2D eigenvalue weighted by Gasteiger charge is 2.13. The van der Waals surface area contributed by atoms with Crippen molar-refractivity contribution in [2.75, 3.05) is 0 Å². The van der Waals surface area contributed by atoms with E-state index < -0.39 is 17.4 Å². The largest absolute Gasteiger partial charge is 0.423 e. The highest BCUT2D eigenvalue weighted by atomic mass is 32.1. The van der Waals surface area contributed by atoms with E-state index in [1.807, 2.05) is 6.92 Å². The molecule has 2 aromatic heterocycles. The molecule has 0 radical (unpaired) electrons. The summed E-state index contributed by atoms with van der Waals surface area (Å²) in [6.07, 6.45) is 0. The lowest BCUT2D eigenvalue weighted by atomic mass is 10.1. The molecule has 0 amide bonds. The van der Waals surface area contributed by atoms with E-state index in [4.69, 9.17) is 9.15 Å². The van der Waals surface area contributed by atoms with Crippen molar-refractivity contribution >= 4 is 28.3 Å². The smallest absolute Gasteiger partial charge is 0.345 e. The molecule has 7 heteroatoms. The van der Waals surface area contributed by atoms with Crippen molar-refractivity contribution in [1.82, 2.24) is 4.98 Å². The molecule has 0 saturated heterocycles. The van der Waals surface area contributed by atoms with Crippen molar-refractivity contribution in [3.8, 4) is 17.0 Å². The fourth-order valence-electron chi connectivity index (χ4n) is 2.57. The number of carbonyl (C=O) groups is 1. The van der Waals surface area contributed by atoms with Crippen LogP contribution in [0.1, 0.15) is 15.4 Å². The number of esters is 1. The number of benzene rings is 2. The van der Waals surface area contributed by atoms with E-state index >= 15 is 0 Å². The first-order valence-corrected chi connectivity index (χ1v) is 8.86. The summed E-state index contributed by atoms with van der Waals surface area (Å²) >= 11 is 1.45. The first-order valence-electron chi connectivity index (χ1n) is 7.98. The molecule has 27 heavy (non-hydrogen) atoms. The first kappa shape index (κ1) is 17.1. The molecule has 0 bridgehead atoms. The van der Waals surface area contributed by atoms with Crippen molar-refractivity contribution in [3.63, 3.8) is 0 Å². The van der Waals surface area contributed by atoms with Crippen LogP contribution in [-0.4, -0.2) is 11.0 Å². The number of hydrogen-bond donors (Lipinski definition) is 0. The van der Waals surface area contributed by atoms with E-state index in [0.29, 0.717) is 22.2 Å². The number of rotatable bonds is 3. The third-order valence-corrected chi connectivity index (χ3v) is 4.67. The molecule has 0 aliphatic carbocycles. The van der Waals surface area contributed by atoms with Gasteiger partial charge >= 0.3 is 11.6 Å². The van der Waals surface area contributed by atoms with Crippen LogP contribution < -0.4 is 10.4 Å². The van der Waals surface area contributed by atoms with Crippen LogP contribution in [0.5, 0.6) is 5.75 Å². The molecule has 0 aliphatic heterocycles. The SMILES string of the molecule is Cc1nc(-c2cc3ccc(OC(=O)c4ccc(F)cc4)cc3oc2=O)cs1. The van der Waals surface area contributed by atoms with Gasteiger partial charge in [-0.3, -0.25) is 0 Å². The molecule has 0 unspecified atom stereocenters. The van der Waals surface area contributed by atoms with Gasteiger partial charge < -0.3 is 9.15 Å². The van der Waals surface area contributed by atoms with Crippen molar-refractivity contribution in [1.29, 1.82) is 0 Å². The van der Waals surface area contributed by atoms with Crippen LogP contribution in [0.2, 0.25) is 0 Å². The molecule has 0 atom stereocenters. The molecule has 2 heterocycles. The summed E-state index contributed by atoms with van der Waals surface area (Å²) in [6.45, 7) is 1.86. The third-order valence-electron chi connectivity index (χ3n) is 3.89. The number of nitrogens with zero attached hydrogens (tertiary/aromatic N) is 1. The third kappa shape index (κ3) is 3.50. The average Bonchev–Trinajstić information content (AvgIpc) is 3.07. The maximum atomic E-state index is 12.9. The number of aromatic nitrogens is 1. The zero-order chi connectivity index (χ0) is 19.0. The molecule has 0 saturated carbocycles. The lowest BCUT2D eigenvalue weighted by Crippen LogP contribution is -2.08. The molecule has 134 valence electrons. The van der Waals surface area contributed by atoms with Crippen LogP contribution in [0, 0.1) is 12.7 Å². The quantitative estimate of drug-likeness (QED) is 0.295. The van der Waals surface area contributed by atoms with Crippen LogP contribution in [0.15, 0.2) is 63.1 Å². The minimum atomic E-state index is -0.633. The van der Waals surface area contributed by atoms with Crippen LogP contribution >= 0.6 is 11.3 Å². The maximum Gasteiger partial charge on any atom is 0.345 e. The van der Waals surface area contributed by atoms with Gasteiger partial charge in [0.25, 0.3) is 0 Å². The Balaban J connectivity index is 1.65. The van der Waals surface area contributed by atoms with Gasteiger partial charge in [-0.1, -0.05) is 0 Å². The van der Waals surface area contributed by atoms with Gasteiger partial charge in [0.05, 0.1) is 21.8 Å². The number of carbonyl (C=O) groups excluding carboxylic acids is 1. The minimum Gasteiger partial charge on any atom is -0.423 e. The highest BCUT2D eigenvalue weighted by molar-refractivity contribution is 7.09. The fourth-order valence-corrected chi connectivity index (χ4v) is 3.19. The Hall–Kier alpha value is -3.32. The molecule has 0 spiro atoms. The van der Waals surface area contributed by atoms with Gasteiger partial charge in [-0.05, 0) is 49.4 Å². The minimum absolute atomic E-state index is 0.215. The Morgan fingerprint density at radius 2 is 1.93 bits per heavy atom. The van der Waals surface area contributed by atoms with Crippen molar-refractivity contribution < 1.29 is 18.3 Å². The average molecular weight is 381 g/mol. The van der Waals surface area contributed by atoms with Crippen molar-refractivity contribution in [2.45, 2.75) is 6.92 Å². The molecule has 4 aromatic rings. The van der Waals surface area contributed by atoms with Gasteiger partial charge in [0, 0.05) is 16.8 Å². The van der Waals surface area contributed by atoms with E-state index in [1.54, 1.807) is 23.6 Å². The lowest BCUT2D eigenvalue weighted by Gasteiger charge is -2.06. The number of halogens is 1. The summed E-state index contributed by atoms with van der Waals surface area (Å²) in [6, 6.07) is 11.5. The van der Waals surface area contributed by atoms with Gasteiger partial charge in [0.2, 0.25) is 0 Å². The molecular weight excluding hydrogens is 369 g/mol. The predicted molar refractivity (Wildman–Crippen MR) is 99.7 cm³/mol. The number of ether oxygens (including phenoxy) is 1. The van der Waals surface area contributed by atoms with E-state index in [9.17, 15) is 14.0 Å². The number of hydrogen-bond acceptors (Lipinski definition) is 6. The van der Waals surface area contributed by atoms with Crippen LogP contribution in [0.4, 0.5) is 4.39 Å². The van der Waals surface area contributed by atoms with Gasteiger partial charge in [-0.2, -0.15) is 0 Å². The first-order chi connectivity index (χ1) is 13.0. The van der Waals surface area contributed by atoms with Crippen LogP contribution in [-0.2, 0) is 0 Å². The van der Waals surface area contributed by atoms with Gasteiger partial charge in [-0.15, -0.1) is 11.3 Å². The van der Waals surface area contributed by atoms with Crippen LogP contribution in [0.3, 0.4) is 0 Å². The fraction of sp³-hybridized carbons (Fsp3) is 0.0500. The van der Waals surface area contributed by atoms with Crippen molar-refractivity contribution in [2.24, 2.45) is 0 Å². The topological polar surface area (TPSA) is 69.4 Å². The second-order valence-electron chi connectivity index (χ2n) is 5.80. The summed E-state index contributed by atoms with van der Waals surface area (Å²) in [5.74, 6) is -0.853. The Morgan fingerprint density at radius 3 is 2.63 bits per heavy atom. The monoisotopic (exact) mass is 381 g/mol. The molecular formula is C20H12FNO4S. The standard InChI is InChI=1S/C20H12FNO4S/c1-11-22-17(10-27-11)16-8-13-4-7-15(9-18(13)26-20(16)24)25-19(23)12-2-5-14(21)6-3-12/h2-10H,1H3. The molecule has 5 nitrogen and oxygen atoms in total. The highest BCUT2D eigenvalue weighted by Crippen LogP contribution is 2.25. The van der Waals surface area contributed by atoms with E-state index in [2.05, 4.69) is 4.98 Å². The maximum absolute atomic E-state index is 12.9. The zero-order valence-corrected chi connectivity index (χ0v) is 14.9. The van der Waals surface area contributed by atoms with Crippen LogP contribution in [0.25, 0.3) is 22.2 Å². The Labute approximate surface area is 156 Å². The number of aryl methyl sites for hydroxylation is 1. The zero-order valence-electron chi connectivity index (χ0n) is 14.1. The van der Waals surface area contributed by atoms with Crippen molar-refractivity contribution in [3.05, 3.63) is 80.7 Å². The molecule has 0 fully saturated rings. The summed E-state index contributed by atoms with van der Waals surface area (Å²) in [4.78, 5) is 28.7. The van der Waals surface area contributed by atoms with E-state index in [1.165, 1.54) is 41.7 Å².